The van der Waals surface area contributed by atoms with Crippen molar-refractivity contribution >= 4 is 23.3 Å². The van der Waals surface area contributed by atoms with Crippen LogP contribution < -0.4 is 0 Å². The number of rotatable bonds is 5. The van der Waals surface area contributed by atoms with Crippen molar-refractivity contribution in [1.29, 1.82) is 0 Å². The van der Waals surface area contributed by atoms with Crippen LogP contribution in [-0.4, -0.2) is 62.0 Å². The van der Waals surface area contributed by atoms with Gasteiger partial charge in [0, 0.05) is 30.1 Å². The van der Waals surface area contributed by atoms with Crippen LogP contribution in [0.2, 0.25) is 0 Å². The number of ketones is 3. The topological polar surface area (TPSA) is 138 Å². The zero-order chi connectivity index (χ0) is 30.4. The molecule has 0 spiro atoms. The van der Waals surface area contributed by atoms with E-state index in [0.29, 0.717) is 12.8 Å². The van der Waals surface area contributed by atoms with E-state index in [2.05, 4.69) is 13.0 Å². The maximum absolute atomic E-state index is 14.3. The second-order valence-corrected chi connectivity index (χ2v) is 14.8. The minimum atomic E-state index is -1.99. The highest BCUT2D eigenvalue weighted by Crippen LogP contribution is 2.74. The molecule has 40 heavy (non-hydrogen) atoms. The maximum atomic E-state index is 14.3. The summed E-state index contributed by atoms with van der Waals surface area (Å²) in [6, 6.07) is 0. The van der Waals surface area contributed by atoms with Crippen molar-refractivity contribution in [1.82, 2.24) is 0 Å². The molecule has 0 radical (unpaired) electrons. The van der Waals surface area contributed by atoms with Crippen LogP contribution in [0.25, 0.3) is 0 Å². The van der Waals surface area contributed by atoms with Crippen molar-refractivity contribution in [2.24, 2.45) is 39.4 Å². The molecule has 9 atom stereocenters. The third kappa shape index (κ3) is 4.11. The minimum Gasteiger partial charge on any atom is -0.456 e. The van der Waals surface area contributed by atoms with Gasteiger partial charge in [-0.05, 0) is 88.7 Å². The van der Waals surface area contributed by atoms with Crippen molar-refractivity contribution in [2.75, 3.05) is 0 Å². The van der Waals surface area contributed by atoms with Crippen LogP contribution in [-0.2, 0) is 23.9 Å². The molecule has 3 fully saturated rings. The number of esters is 1. The third-order valence-electron chi connectivity index (χ3n) is 11.5. The van der Waals surface area contributed by atoms with Gasteiger partial charge in [-0.15, -0.1) is 0 Å². The summed E-state index contributed by atoms with van der Waals surface area (Å²) in [5, 5.41) is 34.0. The Balaban J connectivity index is 1.75. The van der Waals surface area contributed by atoms with Gasteiger partial charge in [-0.3, -0.25) is 19.2 Å². The van der Waals surface area contributed by atoms with Crippen molar-refractivity contribution < 1.29 is 39.2 Å². The molecule has 4 rings (SSSR count). The van der Waals surface area contributed by atoms with E-state index in [1.807, 2.05) is 27.7 Å². The van der Waals surface area contributed by atoms with Gasteiger partial charge < -0.3 is 20.1 Å². The summed E-state index contributed by atoms with van der Waals surface area (Å²) in [5.74, 6) is -2.85. The highest BCUT2D eigenvalue weighted by atomic mass is 16.6. The second-order valence-electron chi connectivity index (χ2n) is 14.8. The maximum Gasteiger partial charge on any atom is 0.303 e. The van der Waals surface area contributed by atoms with Crippen LogP contribution in [0.3, 0.4) is 0 Å². The molecule has 0 aromatic carbocycles. The molecular formula is C32H46O8. The van der Waals surface area contributed by atoms with Gasteiger partial charge in [-0.2, -0.15) is 0 Å². The molecule has 0 aromatic heterocycles. The average molecular weight is 559 g/mol. The van der Waals surface area contributed by atoms with Crippen LogP contribution in [0, 0.1) is 39.4 Å². The summed E-state index contributed by atoms with van der Waals surface area (Å²) >= 11 is 0. The number of allylic oxidation sites excluding steroid dienone is 2. The number of Topliss-reactive ketones (excluding diaryl/α,β-unsaturated/α-hetero) is 2. The Morgan fingerprint density at radius 1 is 1.05 bits per heavy atom. The summed E-state index contributed by atoms with van der Waals surface area (Å²) < 4.78 is 5.23. The molecule has 0 saturated heterocycles. The van der Waals surface area contributed by atoms with E-state index < -0.39 is 62.7 Å². The first-order valence-corrected chi connectivity index (χ1v) is 14.4. The number of carbonyl (C=O) groups excluding carboxylic acids is 4. The van der Waals surface area contributed by atoms with Gasteiger partial charge in [0.2, 0.25) is 0 Å². The lowest BCUT2D eigenvalue weighted by Crippen LogP contribution is -2.65. The Morgan fingerprint density at radius 3 is 2.23 bits per heavy atom. The molecule has 0 aromatic rings. The molecule has 3 N–H and O–H groups in total. The van der Waals surface area contributed by atoms with Crippen molar-refractivity contribution in [3.05, 3.63) is 23.8 Å². The zero-order valence-electron chi connectivity index (χ0n) is 25.3. The molecule has 0 amide bonds. The van der Waals surface area contributed by atoms with E-state index in [4.69, 9.17) is 4.74 Å². The zero-order valence-corrected chi connectivity index (χ0v) is 25.3. The lowest BCUT2D eigenvalue weighted by molar-refractivity contribution is -0.183. The number of hydrogen-bond acceptors (Lipinski definition) is 8. The quantitative estimate of drug-likeness (QED) is 0.265. The molecule has 0 heterocycles. The predicted molar refractivity (Wildman–Crippen MR) is 148 cm³/mol. The van der Waals surface area contributed by atoms with Gasteiger partial charge >= 0.3 is 5.97 Å². The molecule has 0 aliphatic heterocycles. The second kappa shape index (κ2) is 9.17. The fraction of sp³-hybridized carbons (Fsp3) is 0.750. The summed E-state index contributed by atoms with van der Waals surface area (Å²) in [6.07, 6.45) is 3.55. The highest BCUT2D eigenvalue weighted by molar-refractivity contribution is 5.98. The van der Waals surface area contributed by atoms with E-state index >= 15 is 0 Å². The lowest BCUT2D eigenvalue weighted by Gasteiger charge is -2.64. The van der Waals surface area contributed by atoms with E-state index in [1.54, 1.807) is 13.8 Å². The van der Waals surface area contributed by atoms with Gasteiger partial charge in [0.05, 0.1) is 6.10 Å². The fourth-order valence-corrected chi connectivity index (χ4v) is 9.40. The highest BCUT2D eigenvalue weighted by Gasteiger charge is 2.74. The Morgan fingerprint density at radius 2 is 1.65 bits per heavy atom. The molecule has 4 aliphatic carbocycles. The fourth-order valence-electron chi connectivity index (χ4n) is 9.40. The number of carbonyl (C=O) groups is 4. The van der Waals surface area contributed by atoms with Crippen LogP contribution in [0.4, 0.5) is 0 Å². The number of aliphatic hydroxyl groups is 3. The predicted octanol–water partition coefficient (Wildman–Crippen LogP) is 3.50. The number of fused-ring (bicyclic) bond motifs is 5. The first-order chi connectivity index (χ1) is 18.1. The number of ether oxygens (including phenoxy) is 1. The molecule has 0 bridgehead atoms. The van der Waals surface area contributed by atoms with Gasteiger partial charge in [0.1, 0.15) is 23.1 Å². The SMILES string of the molecule is CC(=O)OC(C)(C)/C=C/C(=O)[C@](C)(O)[C@H]1[C@H](O)C[C@@]2(C)[C@H]3CC=C4[C@@H](C[C@H](O)C(=O)C4(C)C)[C@]3(C)C(=O)C[C@]12C. The van der Waals surface area contributed by atoms with Gasteiger partial charge in [-0.25, -0.2) is 0 Å². The largest absolute Gasteiger partial charge is 0.456 e. The van der Waals surface area contributed by atoms with Gasteiger partial charge in [-0.1, -0.05) is 32.4 Å². The molecule has 8 nitrogen and oxygen atoms in total. The van der Waals surface area contributed by atoms with Crippen LogP contribution in [0.1, 0.15) is 88.0 Å². The minimum absolute atomic E-state index is 0.0284. The Bertz CT molecular complexity index is 1210. The first kappa shape index (κ1) is 30.8. The average Bonchev–Trinajstić information content (AvgIpc) is 3.01. The van der Waals surface area contributed by atoms with Crippen LogP contribution in [0.5, 0.6) is 0 Å². The molecule has 0 unspecified atom stereocenters. The van der Waals surface area contributed by atoms with Crippen LogP contribution >= 0.6 is 0 Å². The summed E-state index contributed by atoms with van der Waals surface area (Å²) in [7, 11) is 0. The third-order valence-corrected chi connectivity index (χ3v) is 11.5. The molecule has 3 saturated carbocycles. The molecular weight excluding hydrogens is 512 g/mol. The first-order valence-electron chi connectivity index (χ1n) is 14.4. The van der Waals surface area contributed by atoms with E-state index in [1.165, 1.54) is 26.0 Å². The standard InChI is InChI=1S/C32H46O8/c1-17(33)40-27(2,3)13-12-23(36)32(9,39)25-21(35)15-29(6)22-11-10-18-19(14-20(34)26(38)28(18,4)5)31(22,8)24(37)16-30(25,29)7/h10,12-13,19-22,25,34-35,39H,11,14-16H2,1-9H3/b13-12+/t19-,20+,21-,22-,25+,29+,30-,31+,32+/m1/s1. The summed E-state index contributed by atoms with van der Waals surface area (Å²) in [5.41, 5.74) is -5.43. The summed E-state index contributed by atoms with van der Waals surface area (Å²) in [4.78, 5) is 52.1. The summed E-state index contributed by atoms with van der Waals surface area (Å²) in [6.45, 7) is 15.4. The van der Waals surface area contributed by atoms with E-state index in [0.717, 1.165) is 5.57 Å². The number of hydrogen-bond donors (Lipinski definition) is 3. The normalized spacial score (nSPS) is 42.4. The van der Waals surface area contributed by atoms with Crippen LogP contribution in [0.15, 0.2) is 23.8 Å². The Kier molecular flexibility index (Phi) is 7.06. The monoisotopic (exact) mass is 558 g/mol. The van der Waals surface area contributed by atoms with Gasteiger partial charge in [0.25, 0.3) is 0 Å². The smallest absolute Gasteiger partial charge is 0.303 e. The lowest BCUT2D eigenvalue weighted by atomic mass is 9.38. The Labute approximate surface area is 237 Å². The van der Waals surface area contributed by atoms with Crippen molar-refractivity contribution in [3.8, 4) is 0 Å². The van der Waals surface area contributed by atoms with Crippen molar-refractivity contribution in [3.63, 3.8) is 0 Å². The van der Waals surface area contributed by atoms with Crippen molar-refractivity contribution in [2.45, 2.75) is 111 Å². The number of aliphatic hydroxyl groups excluding tert-OH is 2. The molecule has 4 aliphatic rings. The Hall–Kier alpha value is -2.16. The molecule has 8 heteroatoms. The van der Waals surface area contributed by atoms with Gasteiger partial charge in [0.15, 0.2) is 11.6 Å². The molecule has 222 valence electrons. The van der Waals surface area contributed by atoms with E-state index in [-0.39, 0.29) is 36.2 Å². The van der Waals surface area contributed by atoms with E-state index in [9.17, 15) is 34.5 Å².